The first-order chi connectivity index (χ1) is 13.8. The Morgan fingerprint density at radius 1 is 0.966 bits per heavy atom. The largest absolute Gasteiger partial charge is 0.323 e. The van der Waals surface area contributed by atoms with Gasteiger partial charge in [-0.15, -0.1) is 0 Å². The molecule has 0 unspecified atom stereocenters. The molecular formula is C24H32N4O. The summed E-state index contributed by atoms with van der Waals surface area (Å²) in [6, 6.07) is 12.5. The summed E-state index contributed by atoms with van der Waals surface area (Å²) in [6.07, 6.45) is 4.45. The molecule has 5 heteroatoms. The Morgan fingerprint density at radius 3 is 2.24 bits per heavy atom. The third kappa shape index (κ3) is 4.01. The van der Waals surface area contributed by atoms with Gasteiger partial charge in [-0.3, -0.25) is 9.69 Å². The molecule has 2 aliphatic heterocycles. The molecule has 1 aromatic carbocycles. The van der Waals surface area contributed by atoms with E-state index in [9.17, 15) is 4.79 Å². The van der Waals surface area contributed by atoms with Gasteiger partial charge in [-0.25, -0.2) is 4.98 Å². The maximum absolute atomic E-state index is 12.0. The maximum atomic E-state index is 12.0. The fraction of sp³-hybridized carbons (Fsp3) is 0.500. The summed E-state index contributed by atoms with van der Waals surface area (Å²) in [4.78, 5) is 23.5. The van der Waals surface area contributed by atoms with Crippen molar-refractivity contribution >= 4 is 23.1 Å². The first-order valence-electron chi connectivity index (χ1n) is 10.7. The molecule has 0 aliphatic carbocycles. The number of rotatable bonds is 2. The number of carbonyl (C=O) groups excluding carboxylic acids is 1. The van der Waals surface area contributed by atoms with Crippen molar-refractivity contribution in [3.8, 4) is 0 Å². The SMILES string of the molecule is CC(=O)N1CCN(c2ccc(C3CCN(C(C)(C)C)CC3)cn2)c2ccccc21. The van der Waals surface area contributed by atoms with Gasteiger partial charge in [-0.05, 0) is 76.4 Å². The number of amides is 1. The van der Waals surface area contributed by atoms with Crippen LogP contribution in [0.25, 0.3) is 0 Å². The van der Waals surface area contributed by atoms with E-state index in [0.29, 0.717) is 12.5 Å². The van der Waals surface area contributed by atoms with Crippen LogP contribution in [0.15, 0.2) is 42.6 Å². The van der Waals surface area contributed by atoms with Crippen LogP contribution in [-0.4, -0.2) is 47.5 Å². The summed E-state index contributed by atoms with van der Waals surface area (Å²) >= 11 is 0. The van der Waals surface area contributed by atoms with Crippen molar-refractivity contribution in [2.24, 2.45) is 0 Å². The monoisotopic (exact) mass is 392 g/mol. The van der Waals surface area contributed by atoms with Crippen LogP contribution in [0.4, 0.5) is 17.2 Å². The fourth-order valence-corrected chi connectivity index (χ4v) is 4.61. The number of anilines is 3. The molecule has 1 fully saturated rings. The molecule has 2 aromatic rings. The number of benzene rings is 1. The lowest BCUT2D eigenvalue weighted by Crippen LogP contribution is -2.45. The van der Waals surface area contributed by atoms with Crippen molar-refractivity contribution in [3.63, 3.8) is 0 Å². The predicted molar refractivity (Wildman–Crippen MR) is 119 cm³/mol. The fourth-order valence-electron chi connectivity index (χ4n) is 4.61. The average molecular weight is 393 g/mol. The highest BCUT2D eigenvalue weighted by molar-refractivity contribution is 5.97. The van der Waals surface area contributed by atoms with E-state index in [0.717, 1.165) is 36.8 Å². The van der Waals surface area contributed by atoms with E-state index in [1.165, 1.54) is 18.4 Å². The summed E-state index contributed by atoms with van der Waals surface area (Å²) in [6.45, 7) is 12.3. The number of pyridine rings is 1. The Hall–Kier alpha value is -2.40. The molecule has 5 nitrogen and oxygen atoms in total. The predicted octanol–water partition coefficient (Wildman–Crippen LogP) is 4.56. The summed E-state index contributed by atoms with van der Waals surface area (Å²) in [5, 5.41) is 0. The van der Waals surface area contributed by atoms with Crippen molar-refractivity contribution < 1.29 is 4.79 Å². The minimum atomic E-state index is 0.0852. The molecule has 0 atom stereocenters. The number of para-hydroxylation sites is 2. The van der Waals surface area contributed by atoms with E-state index >= 15 is 0 Å². The second kappa shape index (κ2) is 7.79. The zero-order valence-electron chi connectivity index (χ0n) is 18.1. The van der Waals surface area contributed by atoms with Gasteiger partial charge in [-0.1, -0.05) is 18.2 Å². The molecule has 1 aromatic heterocycles. The summed E-state index contributed by atoms with van der Waals surface area (Å²) in [5.74, 6) is 1.63. The van der Waals surface area contributed by atoms with Gasteiger partial charge < -0.3 is 9.80 Å². The van der Waals surface area contributed by atoms with Crippen molar-refractivity contribution in [1.29, 1.82) is 0 Å². The highest BCUT2D eigenvalue weighted by Gasteiger charge is 2.29. The zero-order chi connectivity index (χ0) is 20.6. The Labute approximate surface area is 174 Å². The first-order valence-corrected chi connectivity index (χ1v) is 10.7. The second-order valence-corrected chi connectivity index (χ2v) is 9.19. The lowest BCUT2D eigenvalue weighted by atomic mass is 9.88. The lowest BCUT2D eigenvalue weighted by molar-refractivity contribution is -0.116. The molecular weight excluding hydrogens is 360 g/mol. The molecule has 0 spiro atoms. The van der Waals surface area contributed by atoms with E-state index in [2.05, 4.69) is 55.0 Å². The van der Waals surface area contributed by atoms with E-state index < -0.39 is 0 Å². The van der Waals surface area contributed by atoms with E-state index in [1.807, 2.05) is 23.1 Å². The number of piperidine rings is 1. The molecule has 2 aliphatic rings. The maximum Gasteiger partial charge on any atom is 0.223 e. The van der Waals surface area contributed by atoms with Crippen LogP contribution in [0.3, 0.4) is 0 Å². The van der Waals surface area contributed by atoms with Crippen molar-refractivity contribution in [3.05, 3.63) is 48.2 Å². The molecule has 0 radical (unpaired) electrons. The first kappa shape index (κ1) is 19.9. The normalized spacial score (nSPS) is 18.6. The third-order valence-electron chi connectivity index (χ3n) is 6.35. The summed E-state index contributed by atoms with van der Waals surface area (Å²) in [7, 11) is 0. The van der Waals surface area contributed by atoms with Gasteiger partial charge in [0.25, 0.3) is 0 Å². The smallest absolute Gasteiger partial charge is 0.223 e. The minimum absolute atomic E-state index is 0.0852. The standard InChI is InChI=1S/C24H32N4O/c1-18(29)27-15-16-28(22-8-6-5-7-21(22)27)23-10-9-20(17-25-23)19-11-13-26(14-12-19)24(2,3)4/h5-10,17,19H,11-16H2,1-4H3. The Morgan fingerprint density at radius 2 is 1.66 bits per heavy atom. The van der Waals surface area contributed by atoms with Gasteiger partial charge >= 0.3 is 0 Å². The highest BCUT2D eigenvalue weighted by Crippen LogP contribution is 2.37. The van der Waals surface area contributed by atoms with Gasteiger partial charge in [0.2, 0.25) is 5.91 Å². The number of hydrogen-bond acceptors (Lipinski definition) is 4. The van der Waals surface area contributed by atoms with E-state index in [1.54, 1.807) is 6.92 Å². The highest BCUT2D eigenvalue weighted by atomic mass is 16.2. The zero-order valence-corrected chi connectivity index (χ0v) is 18.1. The summed E-state index contributed by atoms with van der Waals surface area (Å²) in [5.41, 5.74) is 3.61. The Kier molecular flexibility index (Phi) is 5.34. The molecule has 0 bridgehead atoms. The number of carbonyl (C=O) groups is 1. The summed E-state index contributed by atoms with van der Waals surface area (Å²) < 4.78 is 0. The topological polar surface area (TPSA) is 39.7 Å². The van der Waals surface area contributed by atoms with Gasteiger partial charge in [0.1, 0.15) is 5.82 Å². The second-order valence-electron chi connectivity index (χ2n) is 9.19. The molecule has 1 amide bonds. The molecule has 0 saturated carbocycles. The molecule has 3 heterocycles. The van der Waals surface area contributed by atoms with Crippen LogP contribution >= 0.6 is 0 Å². The number of aromatic nitrogens is 1. The van der Waals surface area contributed by atoms with Gasteiger partial charge in [0.05, 0.1) is 11.4 Å². The van der Waals surface area contributed by atoms with Gasteiger partial charge in [0.15, 0.2) is 0 Å². The van der Waals surface area contributed by atoms with Crippen molar-refractivity contribution in [1.82, 2.24) is 9.88 Å². The molecule has 0 N–H and O–H groups in total. The number of nitrogens with zero attached hydrogens (tertiary/aromatic N) is 4. The van der Waals surface area contributed by atoms with Crippen LogP contribution in [0.1, 0.15) is 52.0 Å². The number of hydrogen-bond donors (Lipinski definition) is 0. The van der Waals surface area contributed by atoms with Crippen LogP contribution in [0.5, 0.6) is 0 Å². The van der Waals surface area contributed by atoms with Crippen molar-refractivity contribution in [2.45, 2.75) is 52.0 Å². The molecule has 154 valence electrons. The van der Waals surface area contributed by atoms with Gasteiger partial charge in [-0.2, -0.15) is 0 Å². The van der Waals surface area contributed by atoms with E-state index in [4.69, 9.17) is 4.98 Å². The van der Waals surface area contributed by atoms with Crippen molar-refractivity contribution in [2.75, 3.05) is 36.0 Å². The van der Waals surface area contributed by atoms with Gasteiger partial charge in [0, 0.05) is 31.7 Å². The molecule has 1 saturated heterocycles. The van der Waals surface area contributed by atoms with Crippen LogP contribution in [0.2, 0.25) is 0 Å². The third-order valence-corrected chi connectivity index (χ3v) is 6.35. The quantitative estimate of drug-likeness (QED) is 0.751. The average Bonchev–Trinajstić information content (AvgIpc) is 2.72. The lowest BCUT2D eigenvalue weighted by Gasteiger charge is -2.41. The molecule has 4 rings (SSSR count). The van der Waals surface area contributed by atoms with Crippen LogP contribution < -0.4 is 9.80 Å². The molecule has 29 heavy (non-hydrogen) atoms. The van der Waals surface area contributed by atoms with Crippen LogP contribution in [-0.2, 0) is 4.79 Å². The number of fused-ring (bicyclic) bond motifs is 1. The minimum Gasteiger partial charge on any atom is -0.323 e. The Balaban J connectivity index is 1.50. The number of likely N-dealkylation sites (tertiary alicyclic amines) is 1. The van der Waals surface area contributed by atoms with E-state index in [-0.39, 0.29) is 11.4 Å². The van der Waals surface area contributed by atoms with Crippen LogP contribution in [0, 0.1) is 0 Å². The Bertz CT molecular complexity index is 863.